The van der Waals surface area contributed by atoms with Crippen LogP contribution in [0.4, 0.5) is 4.39 Å². The fraction of sp³-hybridized carbons (Fsp3) is 0.118. The van der Waals surface area contributed by atoms with Gasteiger partial charge in [-0.15, -0.1) is 10.2 Å². The first-order valence-electron chi connectivity index (χ1n) is 7.24. The predicted octanol–water partition coefficient (Wildman–Crippen LogP) is 4.55. The van der Waals surface area contributed by atoms with E-state index in [0.717, 1.165) is 0 Å². The average molecular weight is 407 g/mol. The highest BCUT2D eigenvalue weighted by Gasteiger charge is 2.18. The van der Waals surface area contributed by atoms with Crippen LogP contribution in [-0.2, 0) is 9.53 Å². The van der Waals surface area contributed by atoms with Crippen molar-refractivity contribution >= 4 is 28.0 Å². The molecule has 0 fully saturated rings. The molecule has 3 aromatic rings. The second-order valence-corrected chi connectivity index (χ2v) is 5.79. The molecule has 1 aromatic carbocycles. The summed E-state index contributed by atoms with van der Waals surface area (Å²) in [4.78, 5) is 11.8. The minimum absolute atomic E-state index is 0.141. The molecule has 3 rings (SSSR count). The Morgan fingerprint density at radius 3 is 2.64 bits per heavy atom. The van der Waals surface area contributed by atoms with Crippen LogP contribution in [0.5, 0.6) is 0 Å². The SMILES string of the molecule is C[C@H](OC(=O)/C=C/c1ccc(Br)o1)c1nnc(-c2ccc(F)cc2)o1. The van der Waals surface area contributed by atoms with E-state index in [9.17, 15) is 9.18 Å². The van der Waals surface area contributed by atoms with Crippen LogP contribution in [-0.4, -0.2) is 16.2 Å². The molecule has 2 aromatic heterocycles. The van der Waals surface area contributed by atoms with Gasteiger partial charge in [-0.2, -0.15) is 0 Å². The Kier molecular flexibility index (Phi) is 5.08. The average Bonchev–Trinajstić information content (AvgIpc) is 3.23. The molecule has 0 bridgehead atoms. The van der Waals surface area contributed by atoms with Crippen molar-refractivity contribution in [1.82, 2.24) is 10.2 Å². The van der Waals surface area contributed by atoms with E-state index < -0.39 is 12.1 Å². The van der Waals surface area contributed by atoms with E-state index in [1.54, 1.807) is 19.1 Å². The second kappa shape index (κ2) is 7.43. The van der Waals surface area contributed by atoms with Crippen molar-refractivity contribution in [2.75, 3.05) is 0 Å². The van der Waals surface area contributed by atoms with Gasteiger partial charge in [0.25, 0.3) is 5.89 Å². The van der Waals surface area contributed by atoms with Crippen molar-refractivity contribution in [1.29, 1.82) is 0 Å². The summed E-state index contributed by atoms with van der Waals surface area (Å²) in [5, 5.41) is 7.73. The smallest absolute Gasteiger partial charge is 0.331 e. The van der Waals surface area contributed by atoms with E-state index in [0.29, 0.717) is 16.0 Å². The van der Waals surface area contributed by atoms with Gasteiger partial charge in [0.2, 0.25) is 5.89 Å². The molecule has 0 unspecified atom stereocenters. The molecule has 0 aliphatic carbocycles. The minimum Gasteiger partial charge on any atom is -0.450 e. The molecule has 0 aliphatic rings. The molecule has 0 saturated carbocycles. The number of nitrogens with zero attached hydrogens (tertiary/aromatic N) is 2. The number of carbonyl (C=O) groups is 1. The maximum atomic E-state index is 12.9. The van der Waals surface area contributed by atoms with E-state index >= 15 is 0 Å². The lowest BCUT2D eigenvalue weighted by Gasteiger charge is -2.06. The maximum Gasteiger partial charge on any atom is 0.331 e. The lowest BCUT2D eigenvalue weighted by Crippen LogP contribution is -2.06. The number of rotatable bonds is 5. The Balaban J connectivity index is 1.63. The van der Waals surface area contributed by atoms with Crippen LogP contribution in [0.1, 0.15) is 24.7 Å². The van der Waals surface area contributed by atoms with Crippen molar-refractivity contribution in [3.63, 3.8) is 0 Å². The molecule has 1 atom stereocenters. The van der Waals surface area contributed by atoms with Crippen molar-refractivity contribution in [3.8, 4) is 11.5 Å². The Bertz CT molecular complexity index is 902. The largest absolute Gasteiger partial charge is 0.450 e. The van der Waals surface area contributed by atoms with Crippen LogP contribution in [0, 0.1) is 5.82 Å². The van der Waals surface area contributed by atoms with Crippen LogP contribution in [0.2, 0.25) is 0 Å². The van der Waals surface area contributed by atoms with Crippen molar-refractivity contribution in [2.45, 2.75) is 13.0 Å². The molecule has 6 nitrogen and oxygen atoms in total. The first-order chi connectivity index (χ1) is 12.0. The first kappa shape index (κ1) is 17.1. The lowest BCUT2D eigenvalue weighted by atomic mass is 10.2. The van der Waals surface area contributed by atoms with Gasteiger partial charge in [-0.25, -0.2) is 9.18 Å². The Labute approximate surface area is 150 Å². The number of benzene rings is 1. The second-order valence-electron chi connectivity index (χ2n) is 5.01. The van der Waals surface area contributed by atoms with Gasteiger partial charge in [0, 0.05) is 11.6 Å². The summed E-state index contributed by atoms with van der Waals surface area (Å²) in [5.41, 5.74) is 0.571. The van der Waals surface area contributed by atoms with Gasteiger partial charge in [0.1, 0.15) is 11.6 Å². The monoisotopic (exact) mass is 406 g/mol. The Morgan fingerprint density at radius 1 is 1.20 bits per heavy atom. The summed E-state index contributed by atoms with van der Waals surface area (Å²) in [6, 6.07) is 9.04. The molecule has 0 saturated heterocycles. The number of hydrogen-bond donors (Lipinski definition) is 0. The zero-order chi connectivity index (χ0) is 17.8. The van der Waals surface area contributed by atoms with E-state index in [1.165, 1.54) is 36.4 Å². The molecule has 0 N–H and O–H groups in total. The molecule has 128 valence electrons. The van der Waals surface area contributed by atoms with E-state index in [2.05, 4.69) is 26.1 Å². The first-order valence-corrected chi connectivity index (χ1v) is 8.04. The van der Waals surface area contributed by atoms with Crippen molar-refractivity contribution in [2.24, 2.45) is 0 Å². The fourth-order valence-corrected chi connectivity index (χ4v) is 2.26. The number of aromatic nitrogens is 2. The van der Waals surface area contributed by atoms with Gasteiger partial charge in [-0.3, -0.25) is 0 Å². The molecule has 0 spiro atoms. The molecule has 0 radical (unpaired) electrons. The van der Waals surface area contributed by atoms with Crippen LogP contribution >= 0.6 is 15.9 Å². The molecule has 2 heterocycles. The van der Waals surface area contributed by atoms with Crippen LogP contribution < -0.4 is 0 Å². The van der Waals surface area contributed by atoms with Crippen molar-refractivity contribution < 1.29 is 22.8 Å². The molecule has 8 heteroatoms. The zero-order valence-electron chi connectivity index (χ0n) is 13.0. The number of ether oxygens (including phenoxy) is 1. The number of hydrogen-bond acceptors (Lipinski definition) is 6. The topological polar surface area (TPSA) is 78.4 Å². The normalized spacial score (nSPS) is 12.4. The number of halogens is 2. The minimum atomic E-state index is -0.734. The third-order valence-electron chi connectivity index (χ3n) is 3.15. The van der Waals surface area contributed by atoms with Gasteiger partial charge in [-0.05, 0) is 65.3 Å². The van der Waals surface area contributed by atoms with E-state index in [4.69, 9.17) is 13.6 Å². The molecular formula is C17H12BrFN2O4. The van der Waals surface area contributed by atoms with Gasteiger partial charge in [0.05, 0.1) is 0 Å². The summed E-state index contributed by atoms with van der Waals surface area (Å²) >= 11 is 3.17. The molecule has 25 heavy (non-hydrogen) atoms. The molecular weight excluding hydrogens is 395 g/mol. The summed E-state index contributed by atoms with van der Waals surface area (Å²) < 4.78 is 29.4. The van der Waals surface area contributed by atoms with Gasteiger partial charge >= 0.3 is 5.97 Å². The number of carbonyl (C=O) groups excluding carboxylic acids is 1. The third kappa shape index (κ3) is 4.42. The quantitative estimate of drug-likeness (QED) is 0.456. The van der Waals surface area contributed by atoms with Gasteiger partial charge in [-0.1, -0.05) is 0 Å². The number of esters is 1. The van der Waals surface area contributed by atoms with E-state index in [1.807, 2.05) is 0 Å². The summed E-state index contributed by atoms with van der Waals surface area (Å²) in [6.07, 6.45) is 1.98. The Morgan fingerprint density at radius 2 is 1.96 bits per heavy atom. The van der Waals surface area contributed by atoms with Crippen LogP contribution in [0.3, 0.4) is 0 Å². The predicted molar refractivity (Wildman–Crippen MR) is 89.6 cm³/mol. The highest BCUT2D eigenvalue weighted by molar-refractivity contribution is 9.10. The highest BCUT2D eigenvalue weighted by atomic mass is 79.9. The highest BCUT2D eigenvalue weighted by Crippen LogP contribution is 2.23. The van der Waals surface area contributed by atoms with Crippen LogP contribution in [0.25, 0.3) is 17.5 Å². The van der Waals surface area contributed by atoms with Crippen LogP contribution in [0.15, 0.2) is 56.0 Å². The summed E-state index contributed by atoms with van der Waals surface area (Å²) in [6.45, 7) is 1.61. The molecule has 0 aliphatic heterocycles. The molecule has 0 amide bonds. The number of furan rings is 1. The van der Waals surface area contributed by atoms with Gasteiger partial charge in [0.15, 0.2) is 10.8 Å². The fourth-order valence-electron chi connectivity index (χ4n) is 1.94. The Hall–Kier alpha value is -2.74. The third-order valence-corrected chi connectivity index (χ3v) is 3.58. The van der Waals surface area contributed by atoms with Gasteiger partial charge < -0.3 is 13.6 Å². The summed E-state index contributed by atoms with van der Waals surface area (Å²) in [7, 11) is 0. The van der Waals surface area contributed by atoms with Crippen molar-refractivity contribution in [3.05, 3.63) is 64.6 Å². The standard InChI is InChI=1S/C17H12BrFN2O4/c1-10(23-15(22)9-7-13-6-8-14(18)24-13)16-20-21-17(25-16)11-2-4-12(19)5-3-11/h2-10H,1H3/b9-7+/t10-/m0/s1. The van der Waals surface area contributed by atoms with E-state index in [-0.39, 0.29) is 17.6 Å². The maximum absolute atomic E-state index is 12.9. The zero-order valence-corrected chi connectivity index (χ0v) is 14.6. The summed E-state index contributed by atoms with van der Waals surface area (Å²) in [5.74, 6) is -0.0775. The lowest BCUT2D eigenvalue weighted by molar-refractivity contribution is -0.143.